The van der Waals surface area contributed by atoms with Gasteiger partial charge in [-0.15, -0.1) is 12.3 Å². The van der Waals surface area contributed by atoms with E-state index in [4.69, 9.17) is 6.42 Å². The molecule has 1 heteroatoms. The summed E-state index contributed by atoms with van der Waals surface area (Å²) < 4.78 is 0. The maximum absolute atomic E-state index is 5.21. The van der Waals surface area contributed by atoms with Crippen LogP contribution in [0.1, 0.15) is 40.0 Å². The van der Waals surface area contributed by atoms with Crippen LogP contribution in [0, 0.1) is 23.7 Å². The van der Waals surface area contributed by atoms with E-state index in [-0.39, 0.29) is 0 Å². The smallest absolute Gasteiger partial charge is 0.0212 e. The monoisotopic (exact) mass is 179 g/mol. The molecule has 1 aliphatic carbocycles. The molecule has 0 aromatic heterocycles. The van der Waals surface area contributed by atoms with Gasteiger partial charge in [-0.3, -0.25) is 0 Å². The van der Waals surface area contributed by atoms with E-state index in [1.165, 1.54) is 12.8 Å². The molecule has 0 bridgehead atoms. The predicted octanol–water partition coefficient (Wildman–Crippen LogP) is 2.42. The Morgan fingerprint density at radius 1 is 1.46 bits per heavy atom. The standard InChI is InChI=1S/C12H21N/c1-5-6-7-13-11-9-12(3,4)8-10(11)2/h1,10-11,13H,6-9H2,2-4H3. The van der Waals surface area contributed by atoms with Crippen molar-refractivity contribution in [3.05, 3.63) is 0 Å². The first-order valence-corrected chi connectivity index (χ1v) is 5.22. The third kappa shape index (κ3) is 3.04. The molecule has 0 spiro atoms. The molecule has 1 N–H and O–H groups in total. The molecule has 0 amide bonds. The zero-order valence-electron chi connectivity index (χ0n) is 9.06. The lowest BCUT2D eigenvalue weighted by Gasteiger charge is -2.17. The van der Waals surface area contributed by atoms with Crippen molar-refractivity contribution in [2.75, 3.05) is 6.54 Å². The average Bonchev–Trinajstić information content (AvgIpc) is 2.25. The van der Waals surface area contributed by atoms with Crippen LogP contribution in [0.4, 0.5) is 0 Å². The predicted molar refractivity (Wildman–Crippen MR) is 57.4 cm³/mol. The van der Waals surface area contributed by atoms with Crippen molar-refractivity contribution >= 4 is 0 Å². The fourth-order valence-corrected chi connectivity index (χ4v) is 2.50. The van der Waals surface area contributed by atoms with Crippen molar-refractivity contribution in [2.45, 2.75) is 46.1 Å². The Kier molecular flexibility index (Phi) is 3.39. The van der Waals surface area contributed by atoms with Crippen molar-refractivity contribution in [3.63, 3.8) is 0 Å². The van der Waals surface area contributed by atoms with Gasteiger partial charge in [0.05, 0.1) is 0 Å². The van der Waals surface area contributed by atoms with Gasteiger partial charge in [-0.05, 0) is 24.2 Å². The number of rotatable bonds is 3. The molecule has 0 aliphatic heterocycles. The van der Waals surface area contributed by atoms with Gasteiger partial charge in [0.2, 0.25) is 0 Å². The Labute approximate surface area is 82.3 Å². The third-order valence-corrected chi connectivity index (χ3v) is 3.01. The summed E-state index contributed by atoms with van der Waals surface area (Å²) in [5.74, 6) is 3.46. The Morgan fingerprint density at radius 3 is 2.62 bits per heavy atom. The van der Waals surface area contributed by atoms with E-state index in [1.54, 1.807) is 0 Å². The second-order valence-electron chi connectivity index (χ2n) is 5.06. The van der Waals surface area contributed by atoms with Crippen LogP contribution in [0.25, 0.3) is 0 Å². The van der Waals surface area contributed by atoms with Gasteiger partial charge in [-0.25, -0.2) is 0 Å². The minimum atomic E-state index is 0.521. The SMILES string of the molecule is C#CCCNC1CC(C)(C)CC1C. The Balaban J connectivity index is 2.32. The lowest BCUT2D eigenvalue weighted by molar-refractivity contribution is 0.362. The van der Waals surface area contributed by atoms with Gasteiger partial charge in [0.25, 0.3) is 0 Å². The Bertz CT molecular complexity index is 200. The van der Waals surface area contributed by atoms with E-state index in [2.05, 4.69) is 32.0 Å². The van der Waals surface area contributed by atoms with Gasteiger partial charge in [0.15, 0.2) is 0 Å². The van der Waals surface area contributed by atoms with Crippen molar-refractivity contribution in [3.8, 4) is 12.3 Å². The summed E-state index contributed by atoms with van der Waals surface area (Å²) in [6.07, 6.45) is 8.69. The summed E-state index contributed by atoms with van der Waals surface area (Å²) in [4.78, 5) is 0. The molecule has 0 aromatic carbocycles. The van der Waals surface area contributed by atoms with Crippen LogP contribution in [0.2, 0.25) is 0 Å². The van der Waals surface area contributed by atoms with E-state index >= 15 is 0 Å². The summed E-state index contributed by atoms with van der Waals surface area (Å²) in [6, 6.07) is 0.684. The van der Waals surface area contributed by atoms with E-state index in [0.717, 1.165) is 18.9 Å². The first-order chi connectivity index (χ1) is 6.05. The van der Waals surface area contributed by atoms with Gasteiger partial charge in [0, 0.05) is 19.0 Å². The first-order valence-electron chi connectivity index (χ1n) is 5.22. The van der Waals surface area contributed by atoms with Gasteiger partial charge >= 0.3 is 0 Å². The summed E-state index contributed by atoms with van der Waals surface area (Å²) in [7, 11) is 0. The summed E-state index contributed by atoms with van der Waals surface area (Å²) in [5, 5.41) is 3.55. The molecule has 1 aliphatic rings. The van der Waals surface area contributed by atoms with Crippen molar-refractivity contribution < 1.29 is 0 Å². The second kappa shape index (κ2) is 4.15. The van der Waals surface area contributed by atoms with Crippen LogP contribution in [0.5, 0.6) is 0 Å². The lowest BCUT2D eigenvalue weighted by Crippen LogP contribution is -2.32. The van der Waals surface area contributed by atoms with Crippen LogP contribution >= 0.6 is 0 Å². The van der Waals surface area contributed by atoms with E-state index in [0.29, 0.717) is 11.5 Å². The van der Waals surface area contributed by atoms with E-state index in [9.17, 15) is 0 Å². The molecule has 0 aromatic rings. The molecule has 0 saturated heterocycles. The first kappa shape index (κ1) is 10.6. The van der Waals surface area contributed by atoms with Crippen LogP contribution in [0.3, 0.4) is 0 Å². The molecule has 1 saturated carbocycles. The van der Waals surface area contributed by atoms with E-state index in [1.807, 2.05) is 0 Å². The number of nitrogens with one attached hydrogen (secondary N) is 1. The molecule has 2 unspecified atom stereocenters. The molecule has 0 radical (unpaired) electrons. The molecule has 74 valence electrons. The number of terminal acetylenes is 1. The molecule has 1 nitrogen and oxygen atoms in total. The molecule has 2 atom stereocenters. The minimum absolute atomic E-state index is 0.521. The zero-order chi connectivity index (χ0) is 9.90. The van der Waals surface area contributed by atoms with Crippen molar-refractivity contribution in [1.82, 2.24) is 5.32 Å². The van der Waals surface area contributed by atoms with Crippen LogP contribution in [0.15, 0.2) is 0 Å². The fourth-order valence-electron chi connectivity index (χ4n) is 2.50. The fraction of sp³-hybridized carbons (Fsp3) is 0.833. The largest absolute Gasteiger partial charge is 0.313 e. The molecular formula is C12H21N. The van der Waals surface area contributed by atoms with Gasteiger partial charge in [-0.2, -0.15) is 0 Å². The van der Waals surface area contributed by atoms with Crippen molar-refractivity contribution in [1.29, 1.82) is 0 Å². The summed E-state index contributed by atoms with van der Waals surface area (Å²) >= 11 is 0. The quantitative estimate of drug-likeness (QED) is 0.518. The molecule has 1 rings (SSSR count). The summed E-state index contributed by atoms with van der Waals surface area (Å²) in [5.41, 5.74) is 0.521. The second-order valence-corrected chi connectivity index (χ2v) is 5.06. The van der Waals surface area contributed by atoms with Crippen molar-refractivity contribution in [2.24, 2.45) is 11.3 Å². The highest BCUT2D eigenvalue weighted by Gasteiger charge is 2.35. The number of hydrogen-bond acceptors (Lipinski definition) is 1. The van der Waals surface area contributed by atoms with Crippen LogP contribution in [-0.4, -0.2) is 12.6 Å². The lowest BCUT2D eigenvalue weighted by atomic mass is 9.91. The Hall–Kier alpha value is -0.480. The molecule has 13 heavy (non-hydrogen) atoms. The summed E-state index contributed by atoms with van der Waals surface area (Å²) in [6.45, 7) is 8.02. The van der Waals surface area contributed by atoms with Gasteiger partial charge in [0.1, 0.15) is 0 Å². The van der Waals surface area contributed by atoms with E-state index < -0.39 is 0 Å². The number of hydrogen-bond donors (Lipinski definition) is 1. The Morgan fingerprint density at radius 2 is 2.15 bits per heavy atom. The molecule has 1 fully saturated rings. The normalized spacial score (nSPS) is 31.5. The highest BCUT2D eigenvalue weighted by molar-refractivity contribution is 4.92. The van der Waals surface area contributed by atoms with Crippen LogP contribution < -0.4 is 5.32 Å². The maximum atomic E-state index is 5.21. The zero-order valence-corrected chi connectivity index (χ0v) is 9.06. The minimum Gasteiger partial charge on any atom is -0.313 e. The van der Waals surface area contributed by atoms with Gasteiger partial charge in [-0.1, -0.05) is 20.8 Å². The highest BCUT2D eigenvalue weighted by atomic mass is 14.9. The topological polar surface area (TPSA) is 12.0 Å². The van der Waals surface area contributed by atoms with Gasteiger partial charge < -0.3 is 5.32 Å². The highest BCUT2D eigenvalue weighted by Crippen LogP contribution is 2.40. The van der Waals surface area contributed by atoms with Crippen LogP contribution in [-0.2, 0) is 0 Å². The average molecular weight is 179 g/mol. The maximum Gasteiger partial charge on any atom is 0.0212 e. The molecule has 0 heterocycles. The molecular weight excluding hydrogens is 158 g/mol. The third-order valence-electron chi connectivity index (χ3n) is 3.01.